The van der Waals surface area contributed by atoms with Crippen LogP contribution < -0.4 is 10.6 Å². The van der Waals surface area contributed by atoms with Gasteiger partial charge in [-0.15, -0.1) is 0 Å². The lowest BCUT2D eigenvalue weighted by Crippen LogP contribution is -2.54. The molecule has 0 bridgehead atoms. The van der Waals surface area contributed by atoms with Gasteiger partial charge in [0.05, 0.1) is 21.8 Å². The summed E-state index contributed by atoms with van der Waals surface area (Å²) in [6.45, 7) is 9.09. The highest BCUT2D eigenvalue weighted by Crippen LogP contribution is 2.37. The Morgan fingerprint density at radius 1 is 1.15 bits per heavy atom. The van der Waals surface area contributed by atoms with Crippen molar-refractivity contribution < 1.29 is 9.90 Å². The number of aryl methyl sites for hydroxylation is 1. The second kappa shape index (κ2) is 10.9. The Morgan fingerprint density at radius 2 is 1.90 bits per heavy atom. The van der Waals surface area contributed by atoms with Crippen LogP contribution in [-0.2, 0) is 11.2 Å². The molecule has 200 valence electrons. The van der Waals surface area contributed by atoms with Gasteiger partial charge in [-0.3, -0.25) is 4.79 Å². The highest BCUT2D eigenvalue weighted by Gasteiger charge is 2.30. The number of pyridine rings is 1. The standard InChI is InChI=1S/C30H30ClN5O3/c1-4-10-20-11-6-8-13-24(20)36-29-22(17-23(31)27(32-29)21-12-7-9-14-25(21)37)28(33-30(36)39)35-16-15-34(18-19(35)3)26(38)5-2/h5-9,11-14,17,19,37H,2,4,10,15-16,18H2,1,3H3/t19-/m0/s1. The normalized spacial score (nSPS) is 15.5. The van der Waals surface area contributed by atoms with Crippen molar-refractivity contribution in [3.05, 3.63) is 88.3 Å². The second-order valence-electron chi connectivity index (χ2n) is 9.67. The molecule has 1 saturated heterocycles. The summed E-state index contributed by atoms with van der Waals surface area (Å²) >= 11 is 6.79. The summed E-state index contributed by atoms with van der Waals surface area (Å²) in [6.07, 6.45) is 3.00. The second-order valence-corrected chi connectivity index (χ2v) is 10.1. The first-order chi connectivity index (χ1) is 18.8. The Kier molecular flexibility index (Phi) is 7.39. The van der Waals surface area contributed by atoms with Gasteiger partial charge in [0.1, 0.15) is 11.6 Å². The summed E-state index contributed by atoms with van der Waals surface area (Å²) in [5, 5.41) is 11.5. The van der Waals surface area contributed by atoms with Crippen molar-refractivity contribution in [1.82, 2.24) is 19.4 Å². The third-order valence-electron chi connectivity index (χ3n) is 7.10. The molecular weight excluding hydrogens is 514 g/mol. The number of fused-ring (bicyclic) bond motifs is 1. The molecule has 2 aromatic heterocycles. The Hall–Kier alpha value is -4.17. The number of halogens is 1. The zero-order valence-electron chi connectivity index (χ0n) is 22.0. The van der Waals surface area contributed by atoms with E-state index in [0.717, 1.165) is 18.4 Å². The number of carbonyl (C=O) groups excluding carboxylic acids is 1. The fourth-order valence-electron chi connectivity index (χ4n) is 5.22. The SMILES string of the molecule is C=CC(=O)N1CCN(c2nc(=O)n(-c3ccccc3CCC)c3nc(-c4ccccc4O)c(Cl)cc23)[C@@H](C)C1. The molecule has 1 aliphatic heterocycles. The van der Waals surface area contributed by atoms with Crippen LogP contribution in [0.3, 0.4) is 0 Å². The molecule has 2 aromatic carbocycles. The van der Waals surface area contributed by atoms with Gasteiger partial charge in [-0.1, -0.05) is 61.9 Å². The molecule has 39 heavy (non-hydrogen) atoms. The van der Waals surface area contributed by atoms with E-state index in [4.69, 9.17) is 16.6 Å². The number of carbonyl (C=O) groups is 1. The maximum Gasteiger partial charge on any atom is 0.355 e. The Labute approximate surface area is 231 Å². The maximum absolute atomic E-state index is 13.8. The first-order valence-corrected chi connectivity index (χ1v) is 13.4. The third kappa shape index (κ3) is 4.88. The number of aromatic nitrogens is 3. The van der Waals surface area contributed by atoms with Gasteiger partial charge in [0, 0.05) is 31.2 Å². The molecule has 8 nitrogen and oxygen atoms in total. The molecule has 0 saturated carbocycles. The minimum Gasteiger partial charge on any atom is -0.507 e. The fraction of sp³-hybridized carbons (Fsp3) is 0.267. The lowest BCUT2D eigenvalue weighted by molar-refractivity contribution is -0.126. The first-order valence-electron chi connectivity index (χ1n) is 13.0. The predicted molar refractivity (Wildman–Crippen MR) is 155 cm³/mol. The molecule has 1 fully saturated rings. The summed E-state index contributed by atoms with van der Waals surface area (Å²) in [5.41, 5.74) is 2.48. The molecular formula is C30H30ClN5O3. The van der Waals surface area contributed by atoms with E-state index in [1.165, 1.54) is 10.6 Å². The number of para-hydroxylation sites is 2. The molecule has 5 rings (SSSR count). The maximum atomic E-state index is 13.8. The van der Waals surface area contributed by atoms with E-state index in [-0.39, 0.29) is 17.7 Å². The van der Waals surface area contributed by atoms with E-state index in [1.807, 2.05) is 36.1 Å². The molecule has 0 radical (unpaired) electrons. The Bertz CT molecular complexity index is 1630. The summed E-state index contributed by atoms with van der Waals surface area (Å²) in [4.78, 5) is 39.3. The van der Waals surface area contributed by atoms with Gasteiger partial charge in [-0.25, -0.2) is 14.3 Å². The van der Waals surface area contributed by atoms with Crippen LogP contribution in [0.15, 0.2) is 72.0 Å². The Morgan fingerprint density at radius 3 is 2.62 bits per heavy atom. The van der Waals surface area contributed by atoms with Crippen LogP contribution in [0.25, 0.3) is 28.0 Å². The number of amides is 1. The molecule has 4 aromatic rings. The molecule has 0 unspecified atom stereocenters. The van der Waals surface area contributed by atoms with E-state index in [9.17, 15) is 14.7 Å². The van der Waals surface area contributed by atoms with Crippen LogP contribution in [-0.4, -0.2) is 56.1 Å². The highest BCUT2D eigenvalue weighted by atomic mass is 35.5. The summed E-state index contributed by atoms with van der Waals surface area (Å²) in [5.74, 6) is 0.382. The van der Waals surface area contributed by atoms with Crippen molar-refractivity contribution >= 4 is 34.4 Å². The number of phenolic OH excluding ortho intramolecular Hbond substituents is 1. The number of aromatic hydroxyl groups is 1. The Balaban J connectivity index is 1.77. The van der Waals surface area contributed by atoms with Crippen LogP contribution >= 0.6 is 11.6 Å². The van der Waals surface area contributed by atoms with Crippen LogP contribution in [0.1, 0.15) is 25.8 Å². The molecule has 1 N–H and O–H groups in total. The van der Waals surface area contributed by atoms with Crippen molar-refractivity contribution in [2.24, 2.45) is 0 Å². The fourth-order valence-corrected chi connectivity index (χ4v) is 5.47. The van der Waals surface area contributed by atoms with Crippen molar-refractivity contribution in [3.63, 3.8) is 0 Å². The van der Waals surface area contributed by atoms with Crippen LogP contribution in [0.2, 0.25) is 5.02 Å². The topological polar surface area (TPSA) is 91.6 Å². The molecule has 0 aliphatic carbocycles. The number of nitrogens with zero attached hydrogens (tertiary/aromatic N) is 5. The number of piperazine rings is 1. The van der Waals surface area contributed by atoms with E-state index in [1.54, 1.807) is 35.2 Å². The average molecular weight is 544 g/mol. The number of rotatable bonds is 6. The molecule has 1 aliphatic rings. The van der Waals surface area contributed by atoms with Crippen LogP contribution in [0.5, 0.6) is 5.75 Å². The van der Waals surface area contributed by atoms with E-state index >= 15 is 0 Å². The predicted octanol–water partition coefficient (Wildman–Crippen LogP) is 4.98. The van der Waals surface area contributed by atoms with Gasteiger partial charge in [0.15, 0.2) is 5.65 Å². The van der Waals surface area contributed by atoms with Crippen molar-refractivity contribution in [2.75, 3.05) is 24.5 Å². The summed E-state index contributed by atoms with van der Waals surface area (Å²) in [7, 11) is 0. The molecule has 3 heterocycles. The summed E-state index contributed by atoms with van der Waals surface area (Å²) in [6, 6.07) is 16.2. The van der Waals surface area contributed by atoms with E-state index < -0.39 is 5.69 Å². The van der Waals surface area contributed by atoms with Gasteiger partial charge in [0.25, 0.3) is 0 Å². The zero-order chi connectivity index (χ0) is 27.7. The van der Waals surface area contributed by atoms with Gasteiger partial charge in [-0.2, -0.15) is 4.98 Å². The minimum atomic E-state index is -0.462. The van der Waals surface area contributed by atoms with Gasteiger partial charge in [0.2, 0.25) is 5.91 Å². The smallest absolute Gasteiger partial charge is 0.355 e. The zero-order valence-corrected chi connectivity index (χ0v) is 22.7. The molecule has 9 heteroatoms. The molecule has 0 spiro atoms. The third-order valence-corrected chi connectivity index (χ3v) is 7.39. The lowest BCUT2D eigenvalue weighted by Gasteiger charge is -2.40. The van der Waals surface area contributed by atoms with E-state index in [2.05, 4.69) is 18.5 Å². The van der Waals surface area contributed by atoms with Crippen molar-refractivity contribution in [3.8, 4) is 22.7 Å². The largest absolute Gasteiger partial charge is 0.507 e. The number of benzene rings is 2. The molecule has 1 amide bonds. The van der Waals surface area contributed by atoms with Crippen LogP contribution in [0.4, 0.5) is 5.82 Å². The number of hydrogen-bond donors (Lipinski definition) is 1. The number of hydrogen-bond acceptors (Lipinski definition) is 6. The van der Waals surface area contributed by atoms with Gasteiger partial charge in [-0.05, 0) is 49.2 Å². The van der Waals surface area contributed by atoms with Crippen LogP contribution in [0, 0.1) is 0 Å². The minimum absolute atomic E-state index is 0.0393. The first kappa shape index (κ1) is 26.4. The van der Waals surface area contributed by atoms with Crippen molar-refractivity contribution in [2.45, 2.75) is 32.7 Å². The van der Waals surface area contributed by atoms with Crippen molar-refractivity contribution in [1.29, 1.82) is 0 Å². The molecule has 1 atom stereocenters. The lowest BCUT2D eigenvalue weighted by atomic mass is 10.1. The van der Waals surface area contributed by atoms with Gasteiger partial charge < -0.3 is 14.9 Å². The highest BCUT2D eigenvalue weighted by molar-refractivity contribution is 6.34. The monoisotopic (exact) mass is 543 g/mol. The summed E-state index contributed by atoms with van der Waals surface area (Å²) < 4.78 is 1.53. The number of anilines is 1. The number of phenols is 1. The average Bonchev–Trinajstić information content (AvgIpc) is 2.93. The van der Waals surface area contributed by atoms with E-state index in [0.29, 0.717) is 58.5 Å². The van der Waals surface area contributed by atoms with Gasteiger partial charge >= 0.3 is 5.69 Å². The quantitative estimate of drug-likeness (QED) is 0.345.